The molecular weight excluding hydrogens is 219 g/mol. The maximum Gasteiger partial charge on any atom is 0.404 e. The van der Waals surface area contributed by atoms with Crippen molar-refractivity contribution in [2.45, 2.75) is 30.8 Å². The first-order valence-corrected chi connectivity index (χ1v) is 4.83. The van der Waals surface area contributed by atoms with Crippen molar-refractivity contribution in [2.24, 2.45) is 0 Å². The lowest BCUT2D eigenvalue weighted by Gasteiger charge is -2.19. The maximum atomic E-state index is 12.0. The molecule has 1 aliphatic heterocycles. The van der Waals surface area contributed by atoms with Gasteiger partial charge in [-0.1, -0.05) is 0 Å². The average Bonchev–Trinajstić information content (AvgIpc) is 2.45. The predicted octanol–water partition coefficient (Wildman–Crippen LogP) is 2.17. The van der Waals surface area contributed by atoms with Crippen LogP contribution in [-0.4, -0.2) is 35.4 Å². The molecular formula is C8H11ClF3NO. The second-order valence-electron chi connectivity index (χ2n) is 3.28. The molecule has 0 saturated carbocycles. The van der Waals surface area contributed by atoms with Crippen LogP contribution in [0.4, 0.5) is 13.2 Å². The first-order chi connectivity index (χ1) is 6.41. The van der Waals surface area contributed by atoms with Gasteiger partial charge < -0.3 is 4.90 Å². The summed E-state index contributed by atoms with van der Waals surface area (Å²) in [7, 11) is 0. The highest BCUT2D eigenvalue weighted by Gasteiger charge is 2.38. The number of hydrogen-bond acceptors (Lipinski definition) is 1. The molecule has 1 rings (SSSR count). The highest BCUT2D eigenvalue weighted by Crippen LogP contribution is 2.27. The van der Waals surface area contributed by atoms with Crippen molar-refractivity contribution in [1.29, 1.82) is 0 Å². The second-order valence-corrected chi connectivity index (χ2v) is 3.81. The van der Waals surface area contributed by atoms with E-state index in [2.05, 4.69) is 0 Å². The highest BCUT2D eigenvalue weighted by molar-refractivity contribution is 6.21. The molecule has 1 amide bonds. The lowest BCUT2D eigenvalue weighted by atomic mass is 10.3. The molecule has 1 saturated heterocycles. The molecule has 0 aromatic carbocycles. The maximum absolute atomic E-state index is 12.0. The van der Waals surface area contributed by atoms with E-state index in [4.69, 9.17) is 11.6 Å². The van der Waals surface area contributed by atoms with Crippen molar-refractivity contribution in [2.75, 3.05) is 13.1 Å². The van der Waals surface area contributed by atoms with E-state index in [9.17, 15) is 18.0 Å². The molecule has 0 aromatic heterocycles. The van der Waals surface area contributed by atoms with E-state index < -0.39 is 11.6 Å². The number of carbonyl (C=O) groups is 1. The van der Waals surface area contributed by atoms with Crippen LogP contribution >= 0.6 is 11.6 Å². The summed E-state index contributed by atoms with van der Waals surface area (Å²) < 4.78 is 36.0. The topological polar surface area (TPSA) is 20.3 Å². The fourth-order valence-electron chi connectivity index (χ4n) is 1.37. The summed E-state index contributed by atoms with van der Waals surface area (Å²) >= 11 is 5.12. The summed E-state index contributed by atoms with van der Waals surface area (Å²) in [6.45, 7) is 0.660. The molecule has 0 spiro atoms. The van der Waals surface area contributed by atoms with Crippen molar-refractivity contribution >= 4 is 17.5 Å². The number of alkyl halides is 4. The minimum absolute atomic E-state index is 0.0731. The Morgan fingerprint density at radius 3 is 2.57 bits per heavy atom. The van der Waals surface area contributed by atoms with Crippen molar-refractivity contribution < 1.29 is 18.0 Å². The SMILES string of the molecule is O=C1CCCN1CCC(Cl)C(F)(F)F. The summed E-state index contributed by atoms with van der Waals surface area (Å²) in [5.74, 6) is -0.0731. The standard InChI is InChI=1S/C8H11ClF3NO/c9-6(8(10,11)12)3-5-13-4-1-2-7(13)14/h6H,1-5H2. The Kier molecular flexibility index (Phi) is 3.64. The molecule has 0 bridgehead atoms. The van der Waals surface area contributed by atoms with Gasteiger partial charge in [0.05, 0.1) is 0 Å². The Morgan fingerprint density at radius 1 is 1.50 bits per heavy atom. The molecule has 1 atom stereocenters. The molecule has 2 nitrogen and oxygen atoms in total. The Balaban J connectivity index is 2.30. The summed E-state index contributed by atoms with van der Waals surface area (Å²) in [4.78, 5) is 12.5. The van der Waals surface area contributed by atoms with Crippen LogP contribution in [0.3, 0.4) is 0 Å². The van der Waals surface area contributed by atoms with Crippen molar-refractivity contribution in [1.82, 2.24) is 4.90 Å². The largest absolute Gasteiger partial charge is 0.404 e. The fourth-order valence-corrected chi connectivity index (χ4v) is 1.47. The van der Waals surface area contributed by atoms with Gasteiger partial charge in [0, 0.05) is 19.5 Å². The van der Waals surface area contributed by atoms with Gasteiger partial charge in [0.25, 0.3) is 0 Å². The molecule has 14 heavy (non-hydrogen) atoms. The van der Waals surface area contributed by atoms with Crippen LogP contribution in [0.2, 0.25) is 0 Å². The zero-order chi connectivity index (χ0) is 10.8. The van der Waals surface area contributed by atoms with E-state index >= 15 is 0 Å². The van der Waals surface area contributed by atoms with Crippen LogP contribution in [0.25, 0.3) is 0 Å². The normalized spacial score (nSPS) is 20.3. The highest BCUT2D eigenvalue weighted by atomic mass is 35.5. The molecule has 1 aliphatic rings. The van der Waals surface area contributed by atoms with E-state index in [0.717, 1.165) is 6.42 Å². The molecule has 0 radical (unpaired) electrons. The van der Waals surface area contributed by atoms with Gasteiger partial charge in [-0.15, -0.1) is 11.6 Å². The third-order valence-corrected chi connectivity index (χ3v) is 2.64. The summed E-state index contributed by atoms with van der Waals surface area (Å²) in [6.07, 6.45) is -3.42. The van der Waals surface area contributed by atoms with Crippen LogP contribution in [0.5, 0.6) is 0 Å². The third-order valence-electron chi connectivity index (χ3n) is 2.18. The van der Waals surface area contributed by atoms with E-state index in [0.29, 0.717) is 13.0 Å². The average molecular weight is 230 g/mol. The Hall–Kier alpha value is -0.450. The number of amides is 1. The minimum atomic E-state index is -4.37. The van der Waals surface area contributed by atoms with Crippen LogP contribution in [0, 0.1) is 0 Å². The number of likely N-dealkylation sites (tertiary alicyclic amines) is 1. The molecule has 1 unspecified atom stereocenters. The molecule has 6 heteroatoms. The second kappa shape index (κ2) is 4.38. The van der Waals surface area contributed by atoms with Gasteiger partial charge in [0.2, 0.25) is 5.91 Å². The van der Waals surface area contributed by atoms with Gasteiger partial charge in [-0.2, -0.15) is 13.2 Å². The lowest BCUT2D eigenvalue weighted by Crippen LogP contribution is -2.31. The molecule has 1 heterocycles. The van der Waals surface area contributed by atoms with Crippen LogP contribution in [-0.2, 0) is 4.79 Å². The number of hydrogen-bond donors (Lipinski definition) is 0. The number of halogens is 4. The lowest BCUT2D eigenvalue weighted by molar-refractivity contribution is -0.136. The number of rotatable bonds is 3. The van der Waals surface area contributed by atoms with Crippen LogP contribution < -0.4 is 0 Å². The van der Waals surface area contributed by atoms with Gasteiger partial charge in [-0.25, -0.2) is 0 Å². The number of carbonyl (C=O) groups excluding carboxylic acids is 1. The van der Waals surface area contributed by atoms with Gasteiger partial charge >= 0.3 is 6.18 Å². The van der Waals surface area contributed by atoms with Gasteiger partial charge in [-0.05, 0) is 12.8 Å². The van der Waals surface area contributed by atoms with Gasteiger partial charge in [0.1, 0.15) is 5.38 Å². The van der Waals surface area contributed by atoms with Crippen LogP contribution in [0.15, 0.2) is 0 Å². The molecule has 1 fully saturated rings. The van der Waals surface area contributed by atoms with E-state index in [1.807, 2.05) is 0 Å². The van der Waals surface area contributed by atoms with Crippen molar-refractivity contribution in [3.63, 3.8) is 0 Å². The van der Waals surface area contributed by atoms with E-state index in [1.165, 1.54) is 4.90 Å². The molecule has 0 N–H and O–H groups in total. The zero-order valence-corrected chi connectivity index (χ0v) is 8.24. The van der Waals surface area contributed by atoms with E-state index in [-0.39, 0.29) is 18.9 Å². The van der Waals surface area contributed by atoms with Crippen molar-refractivity contribution in [3.05, 3.63) is 0 Å². The minimum Gasteiger partial charge on any atom is -0.343 e. The Morgan fingerprint density at radius 2 is 2.14 bits per heavy atom. The molecule has 0 aliphatic carbocycles. The summed E-state index contributed by atoms with van der Waals surface area (Å²) in [5, 5.41) is -1.85. The van der Waals surface area contributed by atoms with Crippen LogP contribution in [0.1, 0.15) is 19.3 Å². The van der Waals surface area contributed by atoms with Gasteiger partial charge in [0.15, 0.2) is 0 Å². The zero-order valence-electron chi connectivity index (χ0n) is 7.48. The first kappa shape index (κ1) is 11.6. The van der Waals surface area contributed by atoms with E-state index in [1.54, 1.807) is 0 Å². The molecule has 0 aromatic rings. The fraction of sp³-hybridized carbons (Fsp3) is 0.875. The monoisotopic (exact) mass is 229 g/mol. The quantitative estimate of drug-likeness (QED) is 0.680. The third kappa shape index (κ3) is 3.04. The summed E-state index contributed by atoms with van der Waals surface area (Å²) in [5.41, 5.74) is 0. The Labute approximate surface area is 85.0 Å². The van der Waals surface area contributed by atoms with Gasteiger partial charge in [-0.3, -0.25) is 4.79 Å². The first-order valence-electron chi connectivity index (χ1n) is 4.40. The summed E-state index contributed by atoms with van der Waals surface area (Å²) in [6, 6.07) is 0. The Bertz CT molecular complexity index is 219. The van der Waals surface area contributed by atoms with Crippen molar-refractivity contribution in [3.8, 4) is 0 Å². The predicted molar refractivity (Wildman–Crippen MR) is 46.1 cm³/mol. The smallest absolute Gasteiger partial charge is 0.343 e. The number of nitrogens with zero attached hydrogens (tertiary/aromatic N) is 1. The molecule has 82 valence electrons.